The topological polar surface area (TPSA) is 9.23 Å². The second kappa shape index (κ2) is 3.49. The van der Waals surface area contributed by atoms with Crippen LogP contribution in [-0.2, 0) is 0 Å². The SMILES string of the molecule is Cc1cc(S)cc(OC(F)(F)F)c1. The number of aryl methyl sites for hydroxylation is 1. The lowest BCUT2D eigenvalue weighted by atomic mass is 10.2. The van der Waals surface area contributed by atoms with Gasteiger partial charge >= 0.3 is 6.36 Å². The molecule has 0 saturated heterocycles. The predicted molar refractivity (Wildman–Crippen MR) is 45.1 cm³/mol. The van der Waals surface area contributed by atoms with Crippen molar-refractivity contribution in [3.63, 3.8) is 0 Å². The Kier molecular flexibility index (Phi) is 2.75. The van der Waals surface area contributed by atoms with E-state index in [0.717, 1.165) is 0 Å². The predicted octanol–water partition coefficient (Wildman–Crippen LogP) is 3.18. The van der Waals surface area contributed by atoms with Crippen LogP contribution in [0.3, 0.4) is 0 Å². The zero-order valence-electron chi connectivity index (χ0n) is 6.72. The summed E-state index contributed by atoms with van der Waals surface area (Å²) in [5, 5.41) is 0. The van der Waals surface area contributed by atoms with Gasteiger partial charge in [0, 0.05) is 4.90 Å². The molecule has 0 amide bonds. The maximum absolute atomic E-state index is 11.8. The van der Waals surface area contributed by atoms with Gasteiger partial charge in [0.15, 0.2) is 0 Å². The molecule has 0 saturated carbocycles. The Morgan fingerprint density at radius 3 is 2.31 bits per heavy atom. The van der Waals surface area contributed by atoms with Crippen LogP contribution in [0, 0.1) is 6.92 Å². The summed E-state index contributed by atoms with van der Waals surface area (Å²) in [4.78, 5) is 0.444. The van der Waals surface area contributed by atoms with Gasteiger partial charge in [-0.2, -0.15) is 0 Å². The third kappa shape index (κ3) is 3.59. The fourth-order valence-electron chi connectivity index (χ4n) is 0.921. The average molecular weight is 208 g/mol. The minimum Gasteiger partial charge on any atom is -0.406 e. The Hall–Kier alpha value is -0.840. The van der Waals surface area contributed by atoms with Gasteiger partial charge in [0.2, 0.25) is 0 Å². The summed E-state index contributed by atoms with van der Waals surface area (Å²) in [6.07, 6.45) is -4.64. The van der Waals surface area contributed by atoms with E-state index in [-0.39, 0.29) is 5.75 Å². The molecule has 0 radical (unpaired) electrons. The Morgan fingerprint density at radius 2 is 1.85 bits per heavy atom. The minimum atomic E-state index is -4.64. The third-order valence-electron chi connectivity index (χ3n) is 1.27. The van der Waals surface area contributed by atoms with Gasteiger partial charge in [-0.05, 0) is 30.7 Å². The van der Waals surface area contributed by atoms with E-state index in [2.05, 4.69) is 17.4 Å². The van der Waals surface area contributed by atoms with E-state index in [0.29, 0.717) is 10.5 Å². The molecule has 0 fully saturated rings. The summed E-state index contributed by atoms with van der Waals surface area (Å²) in [7, 11) is 0. The molecule has 1 aromatic rings. The van der Waals surface area contributed by atoms with E-state index < -0.39 is 6.36 Å². The first-order chi connectivity index (χ1) is 5.87. The van der Waals surface area contributed by atoms with Crippen molar-refractivity contribution in [3.8, 4) is 5.75 Å². The molecule has 0 unspecified atom stereocenters. The van der Waals surface area contributed by atoms with Crippen LogP contribution in [0.5, 0.6) is 5.75 Å². The van der Waals surface area contributed by atoms with Crippen LogP contribution in [0.1, 0.15) is 5.56 Å². The van der Waals surface area contributed by atoms with Crippen molar-refractivity contribution in [2.45, 2.75) is 18.2 Å². The molecule has 1 nitrogen and oxygen atoms in total. The first kappa shape index (κ1) is 10.2. The van der Waals surface area contributed by atoms with Crippen LogP contribution in [-0.4, -0.2) is 6.36 Å². The van der Waals surface area contributed by atoms with Crippen LogP contribution in [0.2, 0.25) is 0 Å². The Bertz CT molecular complexity index is 288. The Labute approximate surface area is 78.9 Å². The summed E-state index contributed by atoms with van der Waals surface area (Å²) in [6, 6.07) is 4.16. The average Bonchev–Trinajstić information content (AvgIpc) is 1.78. The van der Waals surface area contributed by atoms with Crippen molar-refractivity contribution in [2.24, 2.45) is 0 Å². The smallest absolute Gasteiger partial charge is 0.406 e. The van der Waals surface area contributed by atoms with Gasteiger partial charge in [0.05, 0.1) is 0 Å². The van der Waals surface area contributed by atoms with Gasteiger partial charge in [-0.15, -0.1) is 25.8 Å². The van der Waals surface area contributed by atoms with Crippen molar-refractivity contribution in [1.82, 2.24) is 0 Å². The van der Waals surface area contributed by atoms with Crippen LogP contribution >= 0.6 is 12.6 Å². The zero-order chi connectivity index (χ0) is 10.1. The fraction of sp³-hybridized carbons (Fsp3) is 0.250. The molecule has 0 aliphatic rings. The lowest BCUT2D eigenvalue weighted by Crippen LogP contribution is -2.17. The molecule has 13 heavy (non-hydrogen) atoms. The number of ether oxygens (including phenoxy) is 1. The Morgan fingerprint density at radius 1 is 1.23 bits per heavy atom. The molecule has 0 aliphatic carbocycles. The number of hydrogen-bond acceptors (Lipinski definition) is 2. The largest absolute Gasteiger partial charge is 0.573 e. The lowest BCUT2D eigenvalue weighted by Gasteiger charge is -2.09. The van der Waals surface area contributed by atoms with E-state index in [9.17, 15) is 13.2 Å². The number of alkyl halides is 3. The van der Waals surface area contributed by atoms with Gasteiger partial charge in [-0.25, -0.2) is 0 Å². The first-order valence-corrected chi connectivity index (χ1v) is 3.88. The van der Waals surface area contributed by atoms with Gasteiger partial charge in [-0.3, -0.25) is 0 Å². The molecule has 0 aromatic heterocycles. The number of halogens is 3. The number of benzene rings is 1. The van der Waals surface area contributed by atoms with Gasteiger partial charge in [0.25, 0.3) is 0 Å². The van der Waals surface area contributed by atoms with E-state index in [1.807, 2.05) is 0 Å². The highest BCUT2D eigenvalue weighted by Gasteiger charge is 2.31. The van der Waals surface area contributed by atoms with Gasteiger partial charge < -0.3 is 4.74 Å². The highest BCUT2D eigenvalue weighted by Crippen LogP contribution is 2.25. The standard InChI is InChI=1S/C8H7F3OS/c1-5-2-6(4-7(13)3-5)12-8(9,10)11/h2-4,13H,1H3. The van der Waals surface area contributed by atoms with E-state index in [1.54, 1.807) is 13.0 Å². The van der Waals surface area contributed by atoms with Gasteiger partial charge in [-0.1, -0.05) is 0 Å². The summed E-state index contributed by atoms with van der Waals surface area (Å²) in [5.41, 5.74) is 0.673. The fourth-order valence-corrected chi connectivity index (χ4v) is 1.25. The monoisotopic (exact) mass is 208 g/mol. The van der Waals surface area contributed by atoms with Crippen LogP contribution in [0.25, 0.3) is 0 Å². The van der Waals surface area contributed by atoms with Crippen molar-refractivity contribution in [3.05, 3.63) is 23.8 Å². The summed E-state index contributed by atoms with van der Waals surface area (Å²) < 4.78 is 39.0. The molecule has 5 heteroatoms. The molecule has 1 aromatic carbocycles. The first-order valence-electron chi connectivity index (χ1n) is 3.43. The molecule has 0 heterocycles. The minimum absolute atomic E-state index is 0.238. The molecule has 0 spiro atoms. The molecule has 0 bridgehead atoms. The van der Waals surface area contributed by atoms with E-state index in [4.69, 9.17) is 0 Å². The highest BCUT2D eigenvalue weighted by atomic mass is 32.1. The van der Waals surface area contributed by atoms with Crippen LogP contribution in [0.4, 0.5) is 13.2 Å². The number of hydrogen-bond donors (Lipinski definition) is 1. The molecule has 0 aliphatic heterocycles. The summed E-state index contributed by atoms with van der Waals surface area (Å²) in [6.45, 7) is 1.67. The lowest BCUT2D eigenvalue weighted by molar-refractivity contribution is -0.274. The molecule has 1 rings (SSSR count). The maximum atomic E-state index is 11.8. The number of rotatable bonds is 1. The normalized spacial score (nSPS) is 11.5. The van der Waals surface area contributed by atoms with E-state index >= 15 is 0 Å². The van der Waals surface area contributed by atoms with Crippen molar-refractivity contribution < 1.29 is 17.9 Å². The van der Waals surface area contributed by atoms with Crippen molar-refractivity contribution in [2.75, 3.05) is 0 Å². The summed E-state index contributed by atoms with van der Waals surface area (Å²) >= 11 is 3.93. The second-order valence-corrected chi connectivity index (χ2v) is 3.07. The van der Waals surface area contributed by atoms with E-state index in [1.165, 1.54) is 12.1 Å². The summed E-state index contributed by atoms with van der Waals surface area (Å²) in [5.74, 6) is -0.238. The van der Waals surface area contributed by atoms with Crippen LogP contribution < -0.4 is 4.74 Å². The molecule has 0 N–H and O–H groups in total. The second-order valence-electron chi connectivity index (χ2n) is 2.55. The van der Waals surface area contributed by atoms with Crippen molar-refractivity contribution in [1.29, 1.82) is 0 Å². The molecule has 0 atom stereocenters. The number of thiol groups is 1. The third-order valence-corrected chi connectivity index (χ3v) is 1.53. The zero-order valence-corrected chi connectivity index (χ0v) is 7.62. The highest BCUT2D eigenvalue weighted by molar-refractivity contribution is 7.80. The van der Waals surface area contributed by atoms with Gasteiger partial charge in [0.1, 0.15) is 5.75 Å². The molecule has 72 valence electrons. The maximum Gasteiger partial charge on any atom is 0.573 e. The quantitative estimate of drug-likeness (QED) is 0.697. The molecular formula is C8H7F3OS. The molecular weight excluding hydrogens is 201 g/mol. The van der Waals surface area contributed by atoms with Crippen LogP contribution in [0.15, 0.2) is 23.1 Å². The Balaban J connectivity index is 2.90. The van der Waals surface area contributed by atoms with Crippen molar-refractivity contribution >= 4 is 12.6 Å².